The minimum atomic E-state index is -0.166. The van der Waals surface area contributed by atoms with Gasteiger partial charge >= 0.3 is 0 Å². The fourth-order valence-electron chi connectivity index (χ4n) is 3.06. The monoisotopic (exact) mass is 446 g/mol. The summed E-state index contributed by atoms with van der Waals surface area (Å²) < 4.78 is 13.0. The number of rotatable bonds is 8. The van der Waals surface area contributed by atoms with Gasteiger partial charge in [-0.1, -0.05) is 42.1 Å². The molecule has 0 spiro atoms. The predicted octanol–water partition coefficient (Wildman–Crippen LogP) is 5.11. The van der Waals surface area contributed by atoms with Gasteiger partial charge in [-0.2, -0.15) is 0 Å². The standard InChI is InChI=1S/C24H22N4O3S/c1-17-26-27-24(28(17)18-12-14-19(30-2)15-13-18)32-16-23(29)25-21-10-6-7-11-22(21)31-20-8-4-3-5-9-20/h3-15H,16H2,1-2H3,(H,25,29). The molecule has 1 aromatic heterocycles. The Morgan fingerprint density at radius 2 is 1.66 bits per heavy atom. The smallest absolute Gasteiger partial charge is 0.234 e. The van der Waals surface area contributed by atoms with E-state index in [-0.39, 0.29) is 11.7 Å². The van der Waals surface area contributed by atoms with Gasteiger partial charge in [0.05, 0.1) is 18.6 Å². The molecule has 1 heterocycles. The summed E-state index contributed by atoms with van der Waals surface area (Å²) >= 11 is 1.32. The lowest BCUT2D eigenvalue weighted by molar-refractivity contribution is -0.113. The third-order valence-electron chi connectivity index (χ3n) is 4.59. The van der Waals surface area contributed by atoms with Gasteiger partial charge in [-0.05, 0) is 55.5 Å². The molecule has 4 aromatic rings. The van der Waals surface area contributed by atoms with Crippen LogP contribution < -0.4 is 14.8 Å². The number of aromatic nitrogens is 3. The number of benzene rings is 3. The number of hydrogen-bond acceptors (Lipinski definition) is 6. The van der Waals surface area contributed by atoms with Crippen LogP contribution in [0.3, 0.4) is 0 Å². The summed E-state index contributed by atoms with van der Waals surface area (Å²) in [5, 5.41) is 12.0. The lowest BCUT2D eigenvalue weighted by atomic mass is 10.3. The Bertz CT molecular complexity index is 1190. The van der Waals surface area contributed by atoms with Crippen molar-refractivity contribution in [2.75, 3.05) is 18.2 Å². The first-order chi connectivity index (χ1) is 15.6. The molecule has 3 aromatic carbocycles. The molecule has 162 valence electrons. The highest BCUT2D eigenvalue weighted by molar-refractivity contribution is 7.99. The number of ether oxygens (including phenoxy) is 2. The number of amides is 1. The van der Waals surface area contributed by atoms with Crippen LogP contribution in [0.15, 0.2) is 84.0 Å². The predicted molar refractivity (Wildman–Crippen MR) is 125 cm³/mol. The summed E-state index contributed by atoms with van der Waals surface area (Å²) in [7, 11) is 1.63. The fourth-order valence-corrected chi connectivity index (χ4v) is 3.85. The van der Waals surface area contributed by atoms with Crippen LogP contribution in [-0.2, 0) is 4.79 Å². The number of para-hydroxylation sites is 3. The molecular formula is C24H22N4O3S. The number of methoxy groups -OCH3 is 1. The van der Waals surface area contributed by atoms with Crippen molar-refractivity contribution in [1.82, 2.24) is 14.8 Å². The molecular weight excluding hydrogens is 424 g/mol. The quantitative estimate of drug-likeness (QED) is 0.379. The summed E-state index contributed by atoms with van der Waals surface area (Å²) in [6.45, 7) is 1.87. The van der Waals surface area contributed by atoms with Gasteiger partial charge < -0.3 is 14.8 Å². The SMILES string of the molecule is COc1ccc(-n2c(C)nnc2SCC(=O)Nc2ccccc2Oc2ccccc2)cc1. The first-order valence-corrected chi connectivity index (χ1v) is 10.9. The molecule has 0 aliphatic heterocycles. The fraction of sp³-hybridized carbons (Fsp3) is 0.125. The van der Waals surface area contributed by atoms with Gasteiger partial charge in [0.15, 0.2) is 10.9 Å². The van der Waals surface area contributed by atoms with Crippen molar-refractivity contribution in [2.24, 2.45) is 0 Å². The zero-order valence-electron chi connectivity index (χ0n) is 17.7. The zero-order chi connectivity index (χ0) is 22.3. The van der Waals surface area contributed by atoms with Crippen LogP contribution >= 0.6 is 11.8 Å². The maximum absolute atomic E-state index is 12.7. The first-order valence-electron chi connectivity index (χ1n) is 9.95. The lowest BCUT2D eigenvalue weighted by Crippen LogP contribution is -2.15. The molecule has 4 rings (SSSR count). The Balaban J connectivity index is 1.43. The number of hydrogen-bond donors (Lipinski definition) is 1. The van der Waals surface area contributed by atoms with E-state index in [9.17, 15) is 4.79 Å². The van der Waals surface area contributed by atoms with Crippen LogP contribution in [-0.4, -0.2) is 33.5 Å². The van der Waals surface area contributed by atoms with Gasteiger partial charge in [-0.25, -0.2) is 0 Å². The highest BCUT2D eigenvalue weighted by atomic mass is 32.2. The maximum atomic E-state index is 12.7. The first kappa shape index (κ1) is 21.5. The average molecular weight is 447 g/mol. The van der Waals surface area contributed by atoms with Crippen molar-refractivity contribution in [2.45, 2.75) is 12.1 Å². The van der Waals surface area contributed by atoms with E-state index in [0.29, 0.717) is 22.3 Å². The molecule has 8 heteroatoms. The number of nitrogens with one attached hydrogen (secondary N) is 1. The van der Waals surface area contributed by atoms with E-state index >= 15 is 0 Å². The molecule has 32 heavy (non-hydrogen) atoms. The molecule has 0 fully saturated rings. The van der Waals surface area contributed by atoms with Gasteiger partial charge in [0.2, 0.25) is 5.91 Å². The van der Waals surface area contributed by atoms with E-state index in [4.69, 9.17) is 9.47 Å². The van der Waals surface area contributed by atoms with Crippen LogP contribution in [0.1, 0.15) is 5.82 Å². The molecule has 0 unspecified atom stereocenters. The molecule has 1 amide bonds. The maximum Gasteiger partial charge on any atom is 0.234 e. The van der Waals surface area contributed by atoms with Crippen molar-refractivity contribution >= 4 is 23.4 Å². The van der Waals surface area contributed by atoms with Crippen molar-refractivity contribution < 1.29 is 14.3 Å². The number of aryl methyl sites for hydroxylation is 1. The third-order valence-corrected chi connectivity index (χ3v) is 5.52. The number of thioether (sulfide) groups is 1. The summed E-state index contributed by atoms with van der Waals surface area (Å²) in [6, 6.07) is 24.4. The largest absolute Gasteiger partial charge is 0.497 e. The third kappa shape index (κ3) is 5.09. The van der Waals surface area contributed by atoms with Crippen molar-refractivity contribution in [3.63, 3.8) is 0 Å². The van der Waals surface area contributed by atoms with E-state index in [1.54, 1.807) is 7.11 Å². The number of nitrogens with zero attached hydrogens (tertiary/aromatic N) is 3. The molecule has 0 saturated carbocycles. The topological polar surface area (TPSA) is 78.3 Å². The zero-order valence-corrected chi connectivity index (χ0v) is 18.5. The van der Waals surface area contributed by atoms with Gasteiger partial charge in [0, 0.05) is 5.69 Å². The van der Waals surface area contributed by atoms with E-state index in [1.165, 1.54) is 11.8 Å². The van der Waals surface area contributed by atoms with E-state index < -0.39 is 0 Å². The van der Waals surface area contributed by atoms with Crippen LogP contribution in [0.5, 0.6) is 17.2 Å². The minimum Gasteiger partial charge on any atom is -0.497 e. The molecule has 0 saturated heterocycles. The molecule has 1 N–H and O–H groups in total. The number of carbonyl (C=O) groups is 1. The second-order valence-electron chi connectivity index (χ2n) is 6.81. The Morgan fingerprint density at radius 1 is 0.938 bits per heavy atom. The summed E-state index contributed by atoms with van der Waals surface area (Å²) in [6.07, 6.45) is 0. The second-order valence-corrected chi connectivity index (χ2v) is 7.75. The van der Waals surface area contributed by atoms with Crippen molar-refractivity contribution in [1.29, 1.82) is 0 Å². The van der Waals surface area contributed by atoms with E-state index in [0.717, 1.165) is 17.3 Å². The molecule has 0 atom stereocenters. The molecule has 0 radical (unpaired) electrons. The van der Waals surface area contributed by atoms with Crippen LogP contribution in [0, 0.1) is 6.92 Å². The van der Waals surface area contributed by atoms with Crippen molar-refractivity contribution in [3.05, 3.63) is 84.7 Å². The number of carbonyl (C=O) groups excluding carboxylic acids is 1. The minimum absolute atomic E-state index is 0.166. The molecule has 0 aliphatic carbocycles. The van der Waals surface area contributed by atoms with Gasteiger partial charge in [0.1, 0.15) is 17.3 Å². The molecule has 0 aliphatic rings. The lowest BCUT2D eigenvalue weighted by Gasteiger charge is -2.12. The molecule has 7 nitrogen and oxygen atoms in total. The Labute approximate surface area is 190 Å². The Morgan fingerprint density at radius 3 is 2.41 bits per heavy atom. The number of anilines is 1. The average Bonchev–Trinajstić information content (AvgIpc) is 3.20. The van der Waals surface area contributed by atoms with Crippen LogP contribution in [0.2, 0.25) is 0 Å². The second kappa shape index (κ2) is 10.0. The van der Waals surface area contributed by atoms with Crippen molar-refractivity contribution in [3.8, 4) is 22.9 Å². The van der Waals surface area contributed by atoms with E-state index in [2.05, 4.69) is 15.5 Å². The van der Waals surface area contributed by atoms with Crippen LogP contribution in [0.25, 0.3) is 5.69 Å². The highest BCUT2D eigenvalue weighted by Crippen LogP contribution is 2.30. The Kier molecular flexibility index (Phi) is 6.72. The van der Waals surface area contributed by atoms with E-state index in [1.807, 2.05) is 90.4 Å². The highest BCUT2D eigenvalue weighted by Gasteiger charge is 2.15. The normalized spacial score (nSPS) is 10.6. The summed E-state index contributed by atoms with van der Waals surface area (Å²) in [4.78, 5) is 12.7. The van der Waals surface area contributed by atoms with Gasteiger partial charge in [0.25, 0.3) is 0 Å². The molecule has 0 bridgehead atoms. The van der Waals surface area contributed by atoms with Gasteiger partial charge in [-0.3, -0.25) is 9.36 Å². The van der Waals surface area contributed by atoms with Gasteiger partial charge in [-0.15, -0.1) is 10.2 Å². The summed E-state index contributed by atoms with van der Waals surface area (Å²) in [5.74, 6) is 2.79. The van der Waals surface area contributed by atoms with Crippen LogP contribution in [0.4, 0.5) is 5.69 Å². The summed E-state index contributed by atoms with van der Waals surface area (Å²) in [5.41, 5.74) is 1.51. The Hall–Kier alpha value is -3.78.